The van der Waals surface area contributed by atoms with Crippen molar-refractivity contribution in [2.45, 2.75) is 31.8 Å². The molecule has 2 N–H and O–H groups in total. The minimum Gasteiger partial charge on any atom is -0.477 e. The van der Waals surface area contributed by atoms with Gasteiger partial charge in [0.25, 0.3) is 0 Å². The number of fused-ring (bicyclic) bond motifs is 1. The van der Waals surface area contributed by atoms with Crippen molar-refractivity contribution >= 4 is 39.0 Å². The lowest BCUT2D eigenvalue weighted by atomic mass is 10.2. The Morgan fingerprint density at radius 2 is 2.05 bits per heavy atom. The lowest BCUT2D eigenvalue weighted by molar-refractivity contribution is -0.122. The largest absolute Gasteiger partial charge is 0.477 e. The molecule has 6 heteroatoms. The second-order valence-electron chi connectivity index (χ2n) is 5.43. The van der Waals surface area contributed by atoms with Crippen LogP contribution >= 0.6 is 11.3 Å². The van der Waals surface area contributed by atoms with Gasteiger partial charge in [0.05, 0.1) is 6.10 Å². The lowest BCUT2D eigenvalue weighted by Gasteiger charge is -2.11. The van der Waals surface area contributed by atoms with Gasteiger partial charge >= 0.3 is 5.97 Å². The van der Waals surface area contributed by atoms with E-state index in [1.165, 1.54) is 24.2 Å². The van der Waals surface area contributed by atoms with Crippen molar-refractivity contribution in [1.82, 2.24) is 0 Å². The smallest absolute Gasteiger partial charge is 0.345 e. The molecular weight excluding hydrogens is 302 g/mol. The van der Waals surface area contributed by atoms with E-state index in [1.54, 1.807) is 18.2 Å². The zero-order valence-electron chi connectivity index (χ0n) is 12.0. The molecule has 0 saturated heterocycles. The molecule has 1 fully saturated rings. The minimum atomic E-state index is -0.934. The third-order valence-corrected chi connectivity index (χ3v) is 4.87. The molecule has 116 valence electrons. The van der Waals surface area contributed by atoms with Crippen molar-refractivity contribution in [3.63, 3.8) is 0 Å². The summed E-state index contributed by atoms with van der Waals surface area (Å²) in [6.07, 6.45) is 4.63. The molecule has 0 spiro atoms. The molecule has 1 aromatic carbocycles. The molecule has 1 heterocycles. The highest BCUT2D eigenvalue weighted by Gasteiger charge is 2.16. The summed E-state index contributed by atoms with van der Waals surface area (Å²) in [5.74, 6) is -1.11. The van der Waals surface area contributed by atoms with Gasteiger partial charge in [0.1, 0.15) is 11.5 Å². The second kappa shape index (κ2) is 6.46. The van der Waals surface area contributed by atoms with E-state index >= 15 is 0 Å². The number of hydrogen-bond acceptors (Lipinski definition) is 4. The van der Waals surface area contributed by atoms with Crippen LogP contribution in [0.4, 0.5) is 5.69 Å². The van der Waals surface area contributed by atoms with Crippen LogP contribution < -0.4 is 5.32 Å². The van der Waals surface area contributed by atoms with Crippen LogP contribution in [-0.4, -0.2) is 29.7 Å². The fourth-order valence-corrected chi connectivity index (χ4v) is 3.55. The Morgan fingerprint density at radius 3 is 2.77 bits per heavy atom. The van der Waals surface area contributed by atoms with Gasteiger partial charge in [-0.15, -0.1) is 11.3 Å². The first-order valence-corrected chi connectivity index (χ1v) is 8.12. The van der Waals surface area contributed by atoms with Crippen LogP contribution in [0.15, 0.2) is 24.3 Å². The van der Waals surface area contributed by atoms with Gasteiger partial charge in [-0.3, -0.25) is 4.79 Å². The normalized spacial score (nSPS) is 15.3. The number of benzene rings is 1. The van der Waals surface area contributed by atoms with Gasteiger partial charge in [-0.2, -0.15) is 0 Å². The summed E-state index contributed by atoms with van der Waals surface area (Å²) >= 11 is 1.22. The first kappa shape index (κ1) is 15.0. The third kappa shape index (κ3) is 3.45. The molecule has 22 heavy (non-hydrogen) atoms. The topological polar surface area (TPSA) is 75.6 Å². The zero-order valence-corrected chi connectivity index (χ0v) is 12.8. The summed E-state index contributed by atoms with van der Waals surface area (Å²) in [6.45, 7) is 0.0622. The molecule has 0 atom stereocenters. The molecule has 1 aromatic heterocycles. The number of thiophene rings is 1. The number of amides is 1. The molecule has 1 saturated carbocycles. The molecule has 3 rings (SSSR count). The predicted octanol–water partition coefficient (Wildman–Crippen LogP) is 3.50. The van der Waals surface area contributed by atoms with Gasteiger partial charge in [0.15, 0.2) is 0 Å². The van der Waals surface area contributed by atoms with E-state index in [2.05, 4.69) is 5.32 Å². The van der Waals surface area contributed by atoms with Crippen molar-refractivity contribution < 1.29 is 19.4 Å². The monoisotopic (exact) mass is 319 g/mol. The van der Waals surface area contributed by atoms with E-state index in [9.17, 15) is 9.59 Å². The van der Waals surface area contributed by atoms with Crippen molar-refractivity contribution in [2.75, 3.05) is 11.9 Å². The number of carbonyl (C=O) groups is 2. The van der Waals surface area contributed by atoms with Gasteiger partial charge in [-0.05, 0) is 42.5 Å². The number of rotatable bonds is 5. The maximum absolute atomic E-state index is 11.9. The van der Waals surface area contributed by atoms with E-state index in [-0.39, 0.29) is 18.6 Å². The lowest BCUT2D eigenvalue weighted by Crippen LogP contribution is -2.21. The van der Waals surface area contributed by atoms with Crippen molar-refractivity contribution in [3.8, 4) is 0 Å². The number of hydrogen-bond donors (Lipinski definition) is 2. The first-order valence-electron chi connectivity index (χ1n) is 7.30. The van der Waals surface area contributed by atoms with Crippen molar-refractivity contribution in [2.24, 2.45) is 0 Å². The molecule has 0 aliphatic heterocycles. The highest BCUT2D eigenvalue weighted by atomic mass is 32.1. The van der Waals surface area contributed by atoms with E-state index in [0.717, 1.165) is 22.9 Å². The van der Waals surface area contributed by atoms with E-state index < -0.39 is 5.97 Å². The molecule has 5 nitrogen and oxygen atoms in total. The average molecular weight is 319 g/mol. The highest BCUT2D eigenvalue weighted by molar-refractivity contribution is 7.20. The number of carboxylic acid groups (broad SMARTS) is 1. The molecular formula is C16H17NO4S. The number of ether oxygens (including phenoxy) is 1. The summed E-state index contributed by atoms with van der Waals surface area (Å²) < 4.78 is 6.46. The van der Waals surface area contributed by atoms with Crippen LogP contribution in [-0.2, 0) is 9.53 Å². The van der Waals surface area contributed by atoms with Gasteiger partial charge < -0.3 is 15.2 Å². The fraction of sp³-hybridized carbons (Fsp3) is 0.375. The van der Waals surface area contributed by atoms with Gasteiger partial charge in [0, 0.05) is 10.4 Å². The van der Waals surface area contributed by atoms with Gasteiger partial charge in [0.2, 0.25) is 5.91 Å². The minimum absolute atomic E-state index is 0.0622. The number of nitrogens with one attached hydrogen (secondary N) is 1. The second-order valence-corrected chi connectivity index (χ2v) is 6.52. The number of anilines is 1. The molecule has 1 aliphatic rings. The standard InChI is InChI=1S/C16H17NO4S/c18-15(9-21-12-3-1-2-4-12)17-11-5-6-13-10(7-11)8-14(22-13)16(19)20/h5-8,12H,1-4,9H2,(H,17,18)(H,19,20). The Balaban J connectivity index is 1.62. The van der Waals surface area contributed by atoms with E-state index in [4.69, 9.17) is 9.84 Å². The Morgan fingerprint density at radius 1 is 1.27 bits per heavy atom. The summed E-state index contributed by atoms with van der Waals surface area (Å²) in [4.78, 5) is 23.2. The van der Waals surface area contributed by atoms with Crippen LogP contribution in [0.3, 0.4) is 0 Å². The van der Waals surface area contributed by atoms with Gasteiger partial charge in [-0.1, -0.05) is 12.8 Å². The van der Waals surface area contributed by atoms with Crippen molar-refractivity contribution in [3.05, 3.63) is 29.1 Å². The highest BCUT2D eigenvalue weighted by Crippen LogP contribution is 2.28. The van der Waals surface area contributed by atoms with E-state index in [0.29, 0.717) is 10.6 Å². The maximum atomic E-state index is 11.9. The average Bonchev–Trinajstić information content (AvgIpc) is 3.14. The maximum Gasteiger partial charge on any atom is 0.345 e. The number of aromatic carboxylic acids is 1. The Labute approximate surface area is 131 Å². The number of carboxylic acids is 1. The van der Waals surface area contributed by atoms with Crippen molar-refractivity contribution in [1.29, 1.82) is 0 Å². The third-order valence-electron chi connectivity index (χ3n) is 3.76. The zero-order chi connectivity index (χ0) is 15.5. The van der Waals surface area contributed by atoms with Crippen LogP contribution in [0.5, 0.6) is 0 Å². The Bertz CT molecular complexity index is 703. The van der Waals surface area contributed by atoms with E-state index in [1.807, 2.05) is 6.07 Å². The van der Waals surface area contributed by atoms with Crippen LogP contribution in [0.1, 0.15) is 35.4 Å². The summed E-state index contributed by atoms with van der Waals surface area (Å²) in [5, 5.41) is 12.6. The summed E-state index contributed by atoms with van der Waals surface area (Å²) in [5.41, 5.74) is 0.655. The first-order chi connectivity index (χ1) is 10.6. The fourth-order valence-electron chi connectivity index (χ4n) is 2.67. The van der Waals surface area contributed by atoms with Crippen LogP contribution in [0, 0.1) is 0 Å². The number of carbonyl (C=O) groups excluding carboxylic acids is 1. The molecule has 0 unspecified atom stereocenters. The van der Waals surface area contributed by atoms with Crippen LogP contribution in [0.2, 0.25) is 0 Å². The van der Waals surface area contributed by atoms with Gasteiger partial charge in [-0.25, -0.2) is 4.79 Å². The molecule has 1 aliphatic carbocycles. The molecule has 0 bridgehead atoms. The van der Waals surface area contributed by atoms with Crippen LogP contribution in [0.25, 0.3) is 10.1 Å². The summed E-state index contributed by atoms with van der Waals surface area (Å²) in [7, 11) is 0. The Kier molecular flexibility index (Phi) is 4.40. The molecule has 0 radical (unpaired) electrons. The molecule has 1 amide bonds. The predicted molar refractivity (Wildman–Crippen MR) is 85.6 cm³/mol. The summed E-state index contributed by atoms with van der Waals surface area (Å²) in [6, 6.07) is 7.00. The molecule has 2 aromatic rings. The quantitative estimate of drug-likeness (QED) is 0.884. The SMILES string of the molecule is O=C(COC1CCCC1)Nc1ccc2sc(C(=O)O)cc2c1. The Hall–Kier alpha value is -1.92.